The molecule has 1 saturated carbocycles. The molecule has 0 unspecified atom stereocenters. The van der Waals surface area contributed by atoms with Gasteiger partial charge in [0.1, 0.15) is 0 Å². The number of aryl methyl sites for hydroxylation is 2. The molecule has 0 bridgehead atoms. The van der Waals surface area contributed by atoms with Crippen molar-refractivity contribution in [3.8, 4) is 0 Å². The van der Waals surface area contributed by atoms with Gasteiger partial charge in [0.25, 0.3) is 0 Å². The Hall–Kier alpha value is -1.16. The van der Waals surface area contributed by atoms with Crippen molar-refractivity contribution >= 4 is 22.5 Å². The molecule has 3 rings (SSSR count). The molecule has 0 atom stereocenters. The number of halogens is 1. The first-order valence-electron chi connectivity index (χ1n) is 11.5. The van der Waals surface area contributed by atoms with E-state index in [1.165, 1.54) is 36.8 Å². The molecule has 2 aromatic rings. The minimum Gasteiger partial charge on any atom is -0.316 e. The molecule has 0 spiro atoms. The Labute approximate surface area is 183 Å². The van der Waals surface area contributed by atoms with Crippen molar-refractivity contribution in [2.45, 2.75) is 78.2 Å². The van der Waals surface area contributed by atoms with Crippen LogP contribution in [0.4, 0.5) is 0 Å². The standard InChI is InChI=1S/C23H34ClN3.C2H6/c1-4-17-7-8-21-20(14-17)22(24)19(16-27-21)6-5-13-26-15-18-9-11-23(2,25-3)12-10-18;1-2/h7-8,14,16,18,25-26H,4-6,9-13,15H2,1-3H3;1-2H3. The maximum atomic E-state index is 6.68. The summed E-state index contributed by atoms with van der Waals surface area (Å²) in [5.74, 6) is 0.824. The number of fused-ring (bicyclic) bond motifs is 1. The van der Waals surface area contributed by atoms with E-state index in [-0.39, 0.29) is 0 Å². The summed E-state index contributed by atoms with van der Waals surface area (Å²) in [7, 11) is 2.09. The van der Waals surface area contributed by atoms with E-state index < -0.39 is 0 Å². The highest BCUT2D eigenvalue weighted by molar-refractivity contribution is 6.36. The van der Waals surface area contributed by atoms with Crippen molar-refractivity contribution in [1.29, 1.82) is 0 Å². The highest BCUT2D eigenvalue weighted by Crippen LogP contribution is 2.31. The summed E-state index contributed by atoms with van der Waals surface area (Å²) in [5.41, 5.74) is 3.83. The molecule has 3 nitrogen and oxygen atoms in total. The van der Waals surface area contributed by atoms with E-state index in [0.717, 1.165) is 54.2 Å². The Kier molecular flexibility index (Phi) is 9.88. The third kappa shape index (κ3) is 6.67. The summed E-state index contributed by atoms with van der Waals surface area (Å²) in [6.45, 7) is 10.7. The molecule has 0 radical (unpaired) electrons. The van der Waals surface area contributed by atoms with Crippen LogP contribution in [0.1, 0.15) is 70.9 Å². The summed E-state index contributed by atoms with van der Waals surface area (Å²) in [5, 5.41) is 9.12. The van der Waals surface area contributed by atoms with Crippen molar-refractivity contribution in [2.75, 3.05) is 20.1 Å². The minimum absolute atomic E-state index is 0.355. The molecule has 1 aliphatic rings. The van der Waals surface area contributed by atoms with Gasteiger partial charge >= 0.3 is 0 Å². The number of aromatic nitrogens is 1. The van der Waals surface area contributed by atoms with Gasteiger partial charge in [-0.15, -0.1) is 0 Å². The summed E-state index contributed by atoms with van der Waals surface area (Å²) in [4.78, 5) is 4.60. The van der Waals surface area contributed by atoms with Crippen LogP contribution in [-0.2, 0) is 12.8 Å². The second-order valence-corrected chi connectivity index (χ2v) is 8.74. The third-order valence-corrected chi connectivity index (χ3v) is 6.84. The van der Waals surface area contributed by atoms with Crippen LogP contribution < -0.4 is 10.6 Å². The Morgan fingerprint density at radius 2 is 1.93 bits per heavy atom. The van der Waals surface area contributed by atoms with Gasteiger partial charge in [0.15, 0.2) is 0 Å². The van der Waals surface area contributed by atoms with Gasteiger partial charge in [0.2, 0.25) is 0 Å². The van der Waals surface area contributed by atoms with E-state index in [1.807, 2.05) is 20.0 Å². The van der Waals surface area contributed by atoms with Crippen LogP contribution in [0.15, 0.2) is 24.4 Å². The maximum absolute atomic E-state index is 6.68. The predicted molar refractivity (Wildman–Crippen MR) is 128 cm³/mol. The van der Waals surface area contributed by atoms with E-state index in [1.54, 1.807) is 0 Å². The average Bonchev–Trinajstić information content (AvgIpc) is 2.77. The number of pyridine rings is 1. The van der Waals surface area contributed by atoms with Gasteiger partial charge in [-0.05, 0) is 101 Å². The maximum Gasteiger partial charge on any atom is 0.0717 e. The summed E-state index contributed by atoms with van der Waals surface area (Å²) >= 11 is 6.68. The van der Waals surface area contributed by atoms with Gasteiger partial charge in [0, 0.05) is 17.1 Å². The predicted octanol–water partition coefficient (Wildman–Crippen LogP) is 6.17. The van der Waals surface area contributed by atoms with Crippen LogP contribution in [0.3, 0.4) is 0 Å². The summed E-state index contributed by atoms with van der Waals surface area (Å²) < 4.78 is 0. The SMILES string of the molecule is CC.CCc1ccc2ncc(CCCNCC3CCC(C)(NC)CC3)c(Cl)c2c1. The number of benzene rings is 1. The molecule has 0 saturated heterocycles. The van der Waals surface area contributed by atoms with Gasteiger partial charge in [0.05, 0.1) is 10.5 Å². The minimum atomic E-state index is 0.355. The molecule has 0 amide bonds. The van der Waals surface area contributed by atoms with Crippen LogP contribution in [0.2, 0.25) is 5.02 Å². The van der Waals surface area contributed by atoms with E-state index in [0.29, 0.717) is 5.54 Å². The van der Waals surface area contributed by atoms with Crippen LogP contribution in [-0.4, -0.2) is 30.7 Å². The lowest BCUT2D eigenvalue weighted by Crippen LogP contribution is -2.44. The molecule has 162 valence electrons. The van der Waals surface area contributed by atoms with Gasteiger partial charge < -0.3 is 10.6 Å². The third-order valence-electron chi connectivity index (χ3n) is 6.39. The molecular weight excluding hydrogens is 378 g/mol. The zero-order valence-electron chi connectivity index (χ0n) is 19.1. The Balaban J connectivity index is 0.00000145. The Bertz CT molecular complexity index is 751. The molecule has 4 heteroatoms. The number of hydrogen-bond acceptors (Lipinski definition) is 3. The normalized spacial score (nSPS) is 21.7. The van der Waals surface area contributed by atoms with Crippen molar-refractivity contribution in [3.63, 3.8) is 0 Å². The van der Waals surface area contributed by atoms with E-state index in [4.69, 9.17) is 11.6 Å². The highest BCUT2D eigenvalue weighted by atomic mass is 35.5. The van der Waals surface area contributed by atoms with Crippen LogP contribution in [0, 0.1) is 5.92 Å². The van der Waals surface area contributed by atoms with E-state index >= 15 is 0 Å². The first-order chi connectivity index (χ1) is 14.0. The number of nitrogens with zero attached hydrogens (tertiary/aromatic N) is 1. The molecule has 2 N–H and O–H groups in total. The fourth-order valence-electron chi connectivity index (χ4n) is 4.12. The summed E-state index contributed by atoms with van der Waals surface area (Å²) in [6.07, 6.45) is 10.3. The zero-order chi connectivity index (χ0) is 21.3. The lowest BCUT2D eigenvalue weighted by Gasteiger charge is -2.37. The lowest BCUT2D eigenvalue weighted by molar-refractivity contribution is 0.213. The molecule has 1 fully saturated rings. The Morgan fingerprint density at radius 1 is 1.21 bits per heavy atom. The first-order valence-corrected chi connectivity index (χ1v) is 11.9. The van der Waals surface area contributed by atoms with Crippen molar-refractivity contribution in [3.05, 3.63) is 40.5 Å². The molecule has 0 aliphatic heterocycles. The molecular formula is C25H40ClN3. The zero-order valence-corrected chi connectivity index (χ0v) is 19.8. The largest absolute Gasteiger partial charge is 0.316 e. The fourth-order valence-corrected chi connectivity index (χ4v) is 4.42. The molecule has 1 aromatic heterocycles. The Morgan fingerprint density at radius 3 is 2.59 bits per heavy atom. The average molecular weight is 418 g/mol. The molecule has 29 heavy (non-hydrogen) atoms. The molecule has 1 aliphatic carbocycles. The van der Waals surface area contributed by atoms with E-state index in [2.05, 4.69) is 54.7 Å². The lowest BCUT2D eigenvalue weighted by atomic mass is 9.78. The first kappa shape index (κ1) is 24.1. The van der Waals surface area contributed by atoms with Gasteiger partial charge in [-0.1, -0.05) is 38.4 Å². The van der Waals surface area contributed by atoms with Crippen molar-refractivity contribution in [2.24, 2.45) is 5.92 Å². The van der Waals surface area contributed by atoms with Crippen molar-refractivity contribution < 1.29 is 0 Å². The quantitative estimate of drug-likeness (QED) is 0.504. The van der Waals surface area contributed by atoms with Gasteiger partial charge in [-0.25, -0.2) is 0 Å². The van der Waals surface area contributed by atoms with E-state index in [9.17, 15) is 0 Å². The smallest absolute Gasteiger partial charge is 0.0717 e. The second kappa shape index (κ2) is 11.9. The second-order valence-electron chi connectivity index (χ2n) is 8.36. The van der Waals surface area contributed by atoms with Gasteiger partial charge in [-0.3, -0.25) is 4.98 Å². The van der Waals surface area contributed by atoms with Gasteiger partial charge in [-0.2, -0.15) is 0 Å². The van der Waals surface area contributed by atoms with Crippen molar-refractivity contribution in [1.82, 2.24) is 15.6 Å². The number of rotatable bonds is 8. The molecule has 1 aromatic carbocycles. The van der Waals surface area contributed by atoms with Crippen LogP contribution in [0.25, 0.3) is 10.9 Å². The molecule has 1 heterocycles. The summed E-state index contributed by atoms with van der Waals surface area (Å²) in [6, 6.07) is 6.41. The topological polar surface area (TPSA) is 37.0 Å². The monoisotopic (exact) mass is 417 g/mol. The fraction of sp³-hybridized carbons (Fsp3) is 0.640. The van der Waals surface area contributed by atoms with Crippen LogP contribution >= 0.6 is 11.6 Å². The number of nitrogens with one attached hydrogen (secondary N) is 2. The highest BCUT2D eigenvalue weighted by Gasteiger charge is 2.28. The van der Waals surface area contributed by atoms with Crippen LogP contribution in [0.5, 0.6) is 0 Å². The number of hydrogen-bond donors (Lipinski definition) is 2.